The van der Waals surface area contributed by atoms with Crippen molar-refractivity contribution in [2.24, 2.45) is 0 Å². The maximum atomic E-state index is 11.9. The van der Waals surface area contributed by atoms with Gasteiger partial charge in [0.1, 0.15) is 5.75 Å². The van der Waals surface area contributed by atoms with Gasteiger partial charge in [0.05, 0.1) is 21.7 Å². The molecule has 2 aromatic rings. The number of nitro groups is 1. The molecule has 0 aliphatic heterocycles. The number of carboxylic acids is 1. The van der Waals surface area contributed by atoms with Crippen LogP contribution in [-0.4, -0.2) is 27.0 Å². The first-order chi connectivity index (χ1) is 9.88. The number of hydrogen-bond acceptors (Lipinski definition) is 6. The molecule has 21 heavy (non-hydrogen) atoms. The largest absolute Gasteiger partial charge is 0.506 e. The predicted octanol–water partition coefficient (Wildman–Crippen LogP) is 2.31. The number of phenolic OH excluding ortho intramolecular Hbond substituents is 1. The van der Waals surface area contributed by atoms with Crippen LogP contribution >= 0.6 is 11.3 Å². The van der Waals surface area contributed by atoms with Gasteiger partial charge in [0.25, 0.3) is 5.91 Å². The first-order valence-corrected chi connectivity index (χ1v) is 6.37. The fraction of sp³-hybridized carbons (Fsp3) is 0. The number of thiophene rings is 1. The zero-order valence-corrected chi connectivity index (χ0v) is 11.1. The van der Waals surface area contributed by atoms with Gasteiger partial charge in [-0.2, -0.15) is 0 Å². The van der Waals surface area contributed by atoms with E-state index in [0.29, 0.717) is 0 Å². The highest BCUT2D eigenvalue weighted by molar-refractivity contribution is 7.13. The van der Waals surface area contributed by atoms with Gasteiger partial charge in [-0.05, 0) is 18.2 Å². The van der Waals surface area contributed by atoms with Gasteiger partial charge in [0.15, 0.2) is 0 Å². The van der Waals surface area contributed by atoms with Crippen LogP contribution < -0.4 is 5.32 Å². The Bertz CT molecular complexity index is 739. The highest BCUT2D eigenvalue weighted by atomic mass is 32.1. The number of carbonyl (C=O) groups is 2. The Morgan fingerprint density at radius 2 is 1.95 bits per heavy atom. The number of aromatic hydroxyl groups is 1. The molecular weight excluding hydrogens is 300 g/mol. The van der Waals surface area contributed by atoms with Crippen LogP contribution in [0, 0.1) is 10.1 Å². The first kappa shape index (κ1) is 14.5. The third-order valence-corrected chi connectivity index (χ3v) is 3.40. The van der Waals surface area contributed by atoms with Crippen LogP contribution in [0.4, 0.5) is 10.7 Å². The smallest absolute Gasteiger partial charge is 0.335 e. The van der Waals surface area contributed by atoms with Crippen LogP contribution in [0.2, 0.25) is 0 Å². The normalized spacial score (nSPS) is 10.1. The Hall–Kier alpha value is -2.94. The lowest BCUT2D eigenvalue weighted by Crippen LogP contribution is -2.11. The molecule has 2 rings (SSSR count). The molecule has 108 valence electrons. The molecule has 0 spiro atoms. The molecule has 0 saturated heterocycles. The van der Waals surface area contributed by atoms with Crippen molar-refractivity contribution in [3.8, 4) is 5.75 Å². The fourth-order valence-corrected chi connectivity index (χ4v) is 2.21. The van der Waals surface area contributed by atoms with E-state index in [4.69, 9.17) is 5.11 Å². The summed E-state index contributed by atoms with van der Waals surface area (Å²) in [6, 6.07) is 4.56. The van der Waals surface area contributed by atoms with E-state index in [9.17, 15) is 24.8 Å². The minimum absolute atomic E-state index is 0.0128. The minimum Gasteiger partial charge on any atom is -0.506 e. The Morgan fingerprint density at radius 1 is 1.24 bits per heavy atom. The molecule has 1 amide bonds. The van der Waals surface area contributed by atoms with E-state index in [1.54, 1.807) is 0 Å². The molecule has 0 unspecified atom stereocenters. The lowest BCUT2D eigenvalue weighted by atomic mass is 10.2. The van der Waals surface area contributed by atoms with E-state index in [2.05, 4.69) is 5.32 Å². The van der Waals surface area contributed by atoms with Gasteiger partial charge in [-0.3, -0.25) is 14.9 Å². The summed E-state index contributed by atoms with van der Waals surface area (Å²) in [4.78, 5) is 32.5. The molecule has 1 heterocycles. The van der Waals surface area contributed by atoms with Crippen LogP contribution in [0.1, 0.15) is 20.7 Å². The second kappa shape index (κ2) is 5.59. The standard InChI is InChI=1S/C12H8N2O6S/c15-9-3-6(12(17)18)1-2-8(9)13-11(16)7-4-10(14(19)20)21-5-7/h1-5,15H,(H,13,16)(H,17,18). The van der Waals surface area contributed by atoms with E-state index in [1.165, 1.54) is 17.5 Å². The summed E-state index contributed by atoms with van der Waals surface area (Å²) in [6.45, 7) is 0. The average Bonchev–Trinajstić information content (AvgIpc) is 2.90. The van der Waals surface area contributed by atoms with Crippen molar-refractivity contribution < 1.29 is 24.7 Å². The molecule has 0 atom stereocenters. The highest BCUT2D eigenvalue weighted by Gasteiger charge is 2.16. The maximum absolute atomic E-state index is 11.9. The molecule has 0 radical (unpaired) electrons. The van der Waals surface area contributed by atoms with Crippen molar-refractivity contribution in [1.29, 1.82) is 0 Å². The van der Waals surface area contributed by atoms with Crippen molar-refractivity contribution in [2.45, 2.75) is 0 Å². The number of nitrogens with zero attached hydrogens (tertiary/aromatic N) is 1. The van der Waals surface area contributed by atoms with Crippen molar-refractivity contribution >= 4 is 33.9 Å². The molecule has 3 N–H and O–H groups in total. The fourth-order valence-electron chi connectivity index (χ4n) is 1.50. The van der Waals surface area contributed by atoms with E-state index in [-0.39, 0.29) is 21.8 Å². The van der Waals surface area contributed by atoms with Gasteiger partial charge >= 0.3 is 11.0 Å². The second-order valence-corrected chi connectivity index (χ2v) is 4.81. The maximum Gasteiger partial charge on any atom is 0.335 e. The summed E-state index contributed by atoms with van der Waals surface area (Å²) in [5, 5.41) is 32.4. The lowest BCUT2D eigenvalue weighted by Gasteiger charge is -2.06. The van der Waals surface area contributed by atoms with Crippen molar-refractivity contribution in [3.05, 3.63) is 50.9 Å². The minimum atomic E-state index is -1.21. The predicted molar refractivity (Wildman–Crippen MR) is 74.0 cm³/mol. The highest BCUT2D eigenvalue weighted by Crippen LogP contribution is 2.27. The van der Waals surface area contributed by atoms with Crippen molar-refractivity contribution in [1.82, 2.24) is 0 Å². The number of nitrogens with one attached hydrogen (secondary N) is 1. The number of phenols is 1. The van der Waals surface area contributed by atoms with Crippen LogP contribution in [0.3, 0.4) is 0 Å². The molecule has 1 aromatic carbocycles. The number of rotatable bonds is 4. The van der Waals surface area contributed by atoms with Gasteiger partial charge in [-0.25, -0.2) is 4.79 Å². The van der Waals surface area contributed by atoms with Gasteiger partial charge < -0.3 is 15.5 Å². The van der Waals surface area contributed by atoms with E-state index in [1.807, 2.05) is 0 Å². The zero-order valence-electron chi connectivity index (χ0n) is 10.3. The molecule has 9 heteroatoms. The van der Waals surface area contributed by atoms with E-state index >= 15 is 0 Å². The number of hydrogen-bond donors (Lipinski definition) is 3. The Morgan fingerprint density at radius 3 is 2.48 bits per heavy atom. The van der Waals surface area contributed by atoms with Crippen LogP contribution in [-0.2, 0) is 0 Å². The number of carbonyl (C=O) groups excluding carboxylic acids is 1. The number of carboxylic acid groups (broad SMARTS) is 1. The van der Waals surface area contributed by atoms with E-state index < -0.39 is 22.5 Å². The molecule has 8 nitrogen and oxygen atoms in total. The van der Waals surface area contributed by atoms with Gasteiger partial charge in [0.2, 0.25) is 0 Å². The summed E-state index contributed by atoms with van der Waals surface area (Å²) >= 11 is 0.807. The number of amides is 1. The molecule has 0 aliphatic rings. The summed E-state index contributed by atoms with van der Waals surface area (Å²) < 4.78 is 0. The third kappa shape index (κ3) is 3.15. The third-order valence-electron chi connectivity index (χ3n) is 2.52. The number of anilines is 1. The molecule has 0 saturated carbocycles. The molecule has 1 aromatic heterocycles. The summed E-state index contributed by atoms with van der Waals surface area (Å²) in [5.41, 5.74) is -0.0380. The number of aromatic carboxylic acids is 1. The average molecular weight is 308 g/mol. The number of benzene rings is 1. The SMILES string of the molecule is O=C(O)c1ccc(NC(=O)c2csc([N+](=O)[O-])c2)c(O)c1. The molecule has 0 fully saturated rings. The second-order valence-electron chi connectivity index (χ2n) is 3.92. The van der Waals surface area contributed by atoms with Crippen LogP contribution in [0.15, 0.2) is 29.6 Å². The molecule has 0 bridgehead atoms. The summed E-state index contributed by atoms with van der Waals surface area (Å²) in [6.07, 6.45) is 0. The summed E-state index contributed by atoms with van der Waals surface area (Å²) in [7, 11) is 0. The first-order valence-electron chi connectivity index (χ1n) is 5.49. The summed E-state index contributed by atoms with van der Waals surface area (Å²) in [5.74, 6) is -2.26. The Kier molecular flexibility index (Phi) is 3.85. The topological polar surface area (TPSA) is 130 Å². The Balaban J connectivity index is 2.19. The van der Waals surface area contributed by atoms with Crippen LogP contribution in [0.5, 0.6) is 5.75 Å². The van der Waals surface area contributed by atoms with Crippen molar-refractivity contribution in [2.75, 3.05) is 5.32 Å². The quantitative estimate of drug-likeness (QED) is 0.451. The lowest BCUT2D eigenvalue weighted by molar-refractivity contribution is -0.380. The van der Waals surface area contributed by atoms with E-state index in [0.717, 1.165) is 23.5 Å². The van der Waals surface area contributed by atoms with Gasteiger partial charge in [0, 0.05) is 11.4 Å². The van der Waals surface area contributed by atoms with Gasteiger partial charge in [-0.1, -0.05) is 11.3 Å². The molecular formula is C12H8N2O6S. The van der Waals surface area contributed by atoms with Crippen molar-refractivity contribution in [3.63, 3.8) is 0 Å². The Labute approximate surface area is 121 Å². The molecule has 0 aliphatic carbocycles. The monoisotopic (exact) mass is 308 g/mol. The zero-order chi connectivity index (χ0) is 15.6. The van der Waals surface area contributed by atoms with Crippen LogP contribution in [0.25, 0.3) is 0 Å². The van der Waals surface area contributed by atoms with Gasteiger partial charge in [-0.15, -0.1) is 0 Å².